The average Bonchev–Trinajstić information content (AvgIpc) is 2.91. The van der Waals surface area contributed by atoms with Crippen molar-refractivity contribution in [3.05, 3.63) is 99.5 Å². The van der Waals surface area contributed by atoms with Crippen molar-refractivity contribution in [1.82, 2.24) is 10.2 Å². The maximum absolute atomic E-state index is 14.0. The minimum absolute atomic E-state index is 0.109. The maximum atomic E-state index is 14.0. The lowest BCUT2D eigenvalue weighted by Crippen LogP contribution is -2.53. The van der Waals surface area contributed by atoms with Crippen LogP contribution in [-0.4, -0.2) is 50.5 Å². The number of hydrogen-bond acceptors (Lipinski definition) is 4. The second-order valence-corrected chi connectivity index (χ2v) is 11.9. The predicted octanol–water partition coefficient (Wildman–Crippen LogP) is 5.20. The molecule has 1 atom stereocenters. The summed E-state index contributed by atoms with van der Waals surface area (Å²) in [7, 11) is -4.12. The van der Waals surface area contributed by atoms with Crippen LogP contribution in [0.2, 0.25) is 10.0 Å². The summed E-state index contributed by atoms with van der Waals surface area (Å²) in [6.07, 6.45) is 1.64. The topological polar surface area (TPSA) is 86.8 Å². The van der Waals surface area contributed by atoms with Crippen LogP contribution >= 0.6 is 23.2 Å². The Hall–Kier alpha value is -3.21. The third kappa shape index (κ3) is 8.39. The molecule has 12 heteroatoms. The van der Waals surface area contributed by atoms with Crippen LogP contribution in [0, 0.1) is 11.6 Å². The molecule has 0 saturated carbocycles. The highest BCUT2D eigenvalue weighted by Crippen LogP contribution is 2.25. The lowest BCUT2D eigenvalue weighted by molar-refractivity contribution is -0.140. The summed E-state index contributed by atoms with van der Waals surface area (Å²) in [4.78, 5) is 28.6. The number of sulfonamides is 1. The van der Waals surface area contributed by atoms with Crippen molar-refractivity contribution < 1.29 is 26.8 Å². The molecule has 40 heavy (non-hydrogen) atoms. The van der Waals surface area contributed by atoms with Gasteiger partial charge in [0.15, 0.2) is 11.6 Å². The van der Waals surface area contributed by atoms with Gasteiger partial charge in [-0.3, -0.25) is 13.9 Å². The van der Waals surface area contributed by atoms with Crippen molar-refractivity contribution in [3.63, 3.8) is 0 Å². The van der Waals surface area contributed by atoms with E-state index in [1.165, 1.54) is 4.90 Å². The van der Waals surface area contributed by atoms with Gasteiger partial charge in [-0.05, 0) is 41.8 Å². The van der Waals surface area contributed by atoms with Crippen molar-refractivity contribution in [3.8, 4) is 0 Å². The van der Waals surface area contributed by atoms with E-state index in [1.807, 2.05) is 25.1 Å². The van der Waals surface area contributed by atoms with Crippen molar-refractivity contribution in [2.75, 3.05) is 23.7 Å². The molecule has 3 aromatic carbocycles. The van der Waals surface area contributed by atoms with Gasteiger partial charge < -0.3 is 10.2 Å². The van der Waals surface area contributed by atoms with Gasteiger partial charge in [0, 0.05) is 25.6 Å². The van der Waals surface area contributed by atoms with Gasteiger partial charge in [-0.2, -0.15) is 0 Å². The number of benzene rings is 3. The number of hydrogen-bond donors (Lipinski definition) is 1. The van der Waals surface area contributed by atoms with E-state index in [9.17, 15) is 26.8 Å². The highest BCUT2D eigenvalue weighted by Gasteiger charge is 2.33. The van der Waals surface area contributed by atoms with Gasteiger partial charge in [0.05, 0.1) is 22.0 Å². The van der Waals surface area contributed by atoms with Gasteiger partial charge >= 0.3 is 0 Å². The number of carbonyl (C=O) groups is 2. The van der Waals surface area contributed by atoms with Gasteiger partial charge in [0.1, 0.15) is 12.6 Å². The van der Waals surface area contributed by atoms with Crippen molar-refractivity contribution in [2.45, 2.75) is 32.4 Å². The molecule has 0 aliphatic heterocycles. The molecule has 3 aromatic rings. The van der Waals surface area contributed by atoms with Crippen molar-refractivity contribution in [2.24, 2.45) is 0 Å². The second-order valence-electron chi connectivity index (χ2n) is 9.13. The fourth-order valence-corrected chi connectivity index (χ4v) is 5.17. The number of amides is 2. The summed E-state index contributed by atoms with van der Waals surface area (Å²) in [6, 6.07) is 15.3. The Balaban J connectivity index is 2.07. The second kappa shape index (κ2) is 13.9. The van der Waals surface area contributed by atoms with Crippen LogP contribution in [0.15, 0.2) is 66.7 Å². The number of nitrogens with one attached hydrogen (secondary N) is 1. The molecule has 2 amide bonds. The molecule has 0 aliphatic carbocycles. The summed E-state index contributed by atoms with van der Waals surface area (Å²) >= 11 is 12.3. The van der Waals surface area contributed by atoms with Gasteiger partial charge in [-0.1, -0.05) is 66.5 Å². The fourth-order valence-electron chi connectivity index (χ4n) is 4.01. The number of halogens is 4. The Bertz CT molecular complexity index is 1460. The molecule has 1 unspecified atom stereocenters. The van der Waals surface area contributed by atoms with E-state index in [-0.39, 0.29) is 23.7 Å². The van der Waals surface area contributed by atoms with Crippen molar-refractivity contribution >= 4 is 50.7 Å². The molecule has 0 heterocycles. The Morgan fingerprint density at radius 2 is 1.62 bits per heavy atom. The summed E-state index contributed by atoms with van der Waals surface area (Å²) in [5, 5.41) is 3.35. The predicted molar refractivity (Wildman–Crippen MR) is 153 cm³/mol. The lowest BCUT2D eigenvalue weighted by atomic mass is 10.0. The first-order valence-corrected chi connectivity index (χ1v) is 15.0. The van der Waals surface area contributed by atoms with Crippen LogP contribution in [0.1, 0.15) is 24.5 Å². The van der Waals surface area contributed by atoms with E-state index < -0.39 is 46.1 Å². The smallest absolute Gasteiger partial charge is 0.244 e. The first-order valence-electron chi connectivity index (χ1n) is 12.4. The molecule has 3 rings (SSSR count). The Kier molecular flexibility index (Phi) is 10.9. The zero-order valence-electron chi connectivity index (χ0n) is 21.9. The third-order valence-corrected chi connectivity index (χ3v) is 7.91. The van der Waals surface area contributed by atoms with Crippen LogP contribution in [0.5, 0.6) is 0 Å². The van der Waals surface area contributed by atoms with E-state index in [4.69, 9.17) is 23.2 Å². The summed E-state index contributed by atoms with van der Waals surface area (Å²) in [5.41, 5.74) is 1.08. The Labute approximate surface area is 242 Å². The van der Waals surface area contributed by atoms with Gasteiger partial charge in [-0.15, -0.1) is 0 Å². The number of anilines is 1. The normalized spacial score (nSPS) is 12.1. The third-order valence-electron chi connectivity index (χ3n) is 6.03. The maximum Gasteiger partial charge on any atom is 0.244 e. The minimum Gasteiger partial charge on any atom is -0.354 e. The zero-order chi connectivity index (χ0) is 29.4. The summed E-state index contributed by atoms with van der Waals surface area (Å²) < 4.78 is 53.6. The fraction of sp³-hybridized carbons (Fsp3) is 0.286. The summed E-state index contributed by atoms with van der Waals surface area (Å²) in [6.45, 7) is 1.37. The number of carbonyl (C=O) groups excluding carboxylic acids is 2. The van der Waals surface area contributed by atoms with Crippen molar-refractivity contribution in [1.29, 1.82) is 0 Å². The first kappa shape index (κ1) is 31.3. The zero-order valence-corrected chi connectivity index (χ0v) is 24.2. The van der Waals surface area contributed by atoms with E-state index in [0.29, 0.717) is 33.9 Å². The molecule has 0 spiro atoms. The Morgan fingerprint density at radius 1 is 0.925 bits per heavy atom. The van der Waals surface area contributed by atoms with Gasteiger partial charge in [0.25, 0.3) is 0 Å². The monoisotopic (exact) mass is 611 g/mol. The number of nitrogens with zero attached hydrogens (tertiary/aromatic N) is 2. The molecule has 0 fully saturated rings. The Morgan fingerprint density at radius 3 is 2.23 bits per heavy atom. The summed E-state index contributed by atoms with van der Waals surface area (Å²) in [5.74, 6) is -3.61. The van der Waals surface area contributed by atoms with Crippen LogP contribution in [0.25, 0.3) is 0 Å². The molecular weight excluding hydrogens is 583 g/mol. The molecule has 0 saturated heterocycles. The minimum atomic E-state index is -4.12. The van der Waals surface area contributed by atoms with E-state index in [0.717, 1.165) is 24.0 Å². The molecule has 0 aromatic heterocycles. The molecular formula is C28H29Cl2F2N3O4S. The SMILES string of the molecule is CCCNC(=O)C(Cc1ccccc1)N(Cc1ccc(Cl)c(Cl)c1)C(=O)CN(c1ccc(F)c(F)c1)S(C)(=O)=O. The lowest BCUT2D eigenvalue weighted by Gasteiger charge is -2.33. The quantitative estimate of drug-likeness (QED) is 0.305. The van der Waals surface area contributed by atoms with E-state index in [1.54, 1.807) is 30.3 Å². The standard InChI is InChI=1S/C28H29Cl2F2N3O4S/c1-3-13-33-28(37)26(15-19-7-5-4-6-8-19)34(17-20-9-11-22(29)23(30)14-20)27(36)18-35(40(2,38)39)21-10-12-24(31)25(32)16-21/h4-12,14,16,26H,3,13,15,17-18H2,1-2H3,(H,33,37). The van der Waals surface area contributed by atoms with Crippen LogP contribution in [0.3, 0.4) is 0 Å². The molecule has 7 nitrogen and oxygen atoms in total. The number of rotatable bonds is 12. The van der Waals surface area contributed by atoms with Gasteiger partial charge in [0.2, 0.25) is 21.8 Å². The van der Waals surface area contributed by atoms with Crippen LogP contribution < -0.4 is 9.62 Å². The first-order chi connectivity index (χ1) is 18.9. The van der Waals surface area contributed by atoms with Gasteiger partial charge in [-0.25, -0.2) is 17.2 Å². The highest BCUT2D eigenvalue weighted by atomic mass is 35.5. The molecule has 1 N–H and O–H groups in total. The van der Waals surface area contributed by atoms with Crippen LogP contribution in [0.4, 0.5) is 14.5 Å². The van der Waals surface area contributed by atoms with E-state index in [2.05, 4.69) is 5.32 Å². The molecule has 0 bridgehead atoms. The van der Waals surface area contributed by atoms with E-state index >= 15 is 0 Å². The largest absolute Gasteiger partial charge is 0.354 e. The average molecular weight is 613 g/mol. The molecule has 0 aliphatic rings. The molecule has 214 valence electrons. The highest BCUT2D eigenvalue weighted by molar-refractivity contribution is 7.92. The molecule has 0 radical (unpaired) electrons. The van der Waals surface area contributed by atoms with Crippen LogP contribution in [-0.2, 0) is 32.6 Å².